The van der Waals surface area contributed by atoms with Crippen molar-refractivity contribution in [2.45, 2.75) is 97.4 Å². The molecule has 2 fully saturated rings. The first-order chi connectivity index (χ1) is 10.9. The zero-order valence-electron chi connectivity index (χ0n) is 16.4. The zero-order valence-corrected chi connectivity index (χ0v) is 16.4. The van der Waals surface area contributed by atoms with Gasteiger partial charge < -0.3 is 14.0 Å². The van der Waals surface area contributed by atoms with E-state index in [-0.39, 0.29) is 5.97 Å². The van der Waals surface area contributed by atoms with Crippen LogP contribution in [0.2, 0.25) is 0 Å². The zero-order chi connectivity index (χ0) is 18.2. The fraction of sp³-hybridized carbons (Fsp3) is 0.842. The van der Waals surface area contributed by atoms with Crippen molar-refractivity contribution in [3.63, 3.8) is 0 Å². The van der Waals surface area contributed by atoms with Crippen molar-refractivity contribution in [2.75, 3.05) is 0 Å². The summed E-state index contributed by atoms with van der Waals surface area (Å²) in [6.45, 7) is 13.8. The quantitative estimate of drug-likeness (QED) is 0.433. The number of allylic oxidation sites excluding steroid dienone is 1. The van der Waals surface area contributed by atoms with Crippen molar-refractivity contribution in [1.29, 1.82) is 0 Å². The fourth-order valence-electron chi connectivity index (χ4n) is 3.26. The lowest BCUT2D eigenvalue weighted by Gasteiger charge is -2.32. The molecular formula is C19H33BO4. The Morgan fingerprint density at radius 1 is 1.04 bits per heavy atom. The van der Waals surface area contributed by atoms with Gasteiger partial charge in [0.15, 0.2) is 0 Å². The van der Waals surface area contributed by atoms with Crippen LogP contribution >= 0.6 is 0 Å². The highest BCUT2D eigenvalue weighted by molar-refractivity contribution is 6.55. The Balaban J connectivity index is 2.25. The normalized spacial score (nSPS) is 25.0. The van der Waals surface area contributed by atoms with E-state index in [4.69, 9.17) is 14.0 Å². The molecule has 136 valence electrons. The smallest absolute Gasteiger partial charge is 0.457 e. The van der Waals surface area contributed by atoms with Crippen LogP contribution in [0.5, 0.6) is 0 Å². The molecule has 0 aromatic rings. The van der Waals surface area contributed by atoms with Crippen LogP contribution < -0.4 is 0 Å². The van der Waals surface area contributed by atoms with E-state index in [1.807, 2.05) is 48.5 Å². The van der Waals surface area contributed by atoms with Gasteiger partial charge in [-0.05, 0) is 72.7 Å². The summed E-state index contributed by atoms with van der Waals surface area (Å²) in [6, 6.07) is 0. The van der Waals surface area contributed by atoms with Crippen LogP contribution in [-0.2, 0) is 18.8 Å². The van der Waals surface area contributed by atoms with E-state index in [9.17, 15) is 4.79 Å². The van der Waals surface area contributed by atoms with Gasteiger partial charge in [0.25, 0.3) is 0 Å². The van der Waals surface area contributed by atoms with Gasteiger partial charge in [-0.3, -0.25) is 0 Å². The maximum Gasteiger partial charge on any atom is 0.491 e. The Morgan fingerprint density at radius 3 is 2.00 bits per heavy atom. The van der Waals surface area contributed by atoms with Gasteiger partial charge in [0, 0.05) is 6.08 Å². The third-order valence-corrected chi connectivity index (χ3v) is 5.29. The lowest BCUT2D eigenvalue weighted by Crippen LogP contribution is -2.41. The minimum atomic E-state index is -0.499. The predicted molar refractivity (Wildman–Crippen MR) is 96.6 cm³/mol. The lowest BCUT2D eigenvalue weighted by molar-refractivity contribution is -0.148. The van der Waals surface area contributed by atoms with Gasteiger partial charge in [-0.1, -0.05) is 19.3 Å². The Labute approximate surface area is 147 Å². The van der Waals surface area contributed by atoms with Crippen LogP contribution in [0.4, 0.5) is 0 Å². The molecular weight excluding hydrogens is 303 g/mol. The molecule has 0 amide bonds. The second kappa shape index (κ2) is 6.83. The molecule has 0 bridgehead atoms. The molecule has 5 heteroatoms. The summed E-state index contributed by atoms with van der Waals surface area (Å²) in [5, 5.41) is 0. The molecule has 0 spiro atoms. The Morgan fingerprint density at radius 2 is 1.54 bits per heavy atom. The van der Waals surface area contributed by atoms with Crippen molar-refractivity contribution in [1.82, 2.24) is 0 Å². The van der Waals surface area contributed by atoms with Crippen LogP contribution in [0.25, 0.3) is 0 Å². The Kier molecular flexibility index (Phi) is 5.56. The first-order valence-electron chi connectivity index (χ1n) is 9.21. The summed E-state index contributed by atoms with van der Waals surface area (Å²) >= 11 is 0. The summed E-state index contributed by atoms with van der Waals surface area (Å²) in [6.07, 6.45) is 7.44. The minimum absolute atomic E-state index is 0.308. The number of hydrogen-bond donors (Lipinski definition) is 0. The molecule has 1 aliphatic carbocycles. The number of ether oxygens (including phenoxy) is 1. The summed E-state index contributed by atoms with van der Waals surface area (Å²) in [5.41, 5.74) is -0.359. The molecule has 1 saturated heterocycles. The molecule has 24 heavy (non-hydrogen) atoms. The van der Waals surface area contributed by atoms with Gasteiger partial charge in [-0.15, -0.1) is 0 Å². The largest absolute Gasteiger partial charge is 0.491 e. The molecule has 2 rings (SSSR count). The molecule has 0 radical (unpaired) electrons. The monoisotopic (exact) mass is 336 g/mol. The topological polar surface area (TPSA) is 44.8 Å². The van der Waals surface area contributed by atoms with Crippen molar-refractivity contribution in [2.24, 2.45) is 5.92 Å². The third-order valence-electron chi connectivity index (χ3n) is 5.29. The standard InChI is InChI=1S/C19H33BO4/c1-17(2,3)22-16(21)13-15(14-11-9-8-10-12-14)20-23-18(4,5)19(6,7)24-20/h13-14H,8-12H2,1-7H3/b15-13+. The number of rotatable bonds is 3. The van der Waals surface area contributed by atoms with Gasteiger partial charge in [0.2, 0.25) is 0 Å². The molecule has 0 unspecified atom stereocenters. The number of hydrogen-bond acceptors (Lipinski definition) is 4. The van der Waals surface area contributed by atoms with Gasteiger partial charge in [-0.2, -0.15) is 0 Å². The second-order valence-corrected chi connectivity index (χ2v) is 9.10. The highest BCUT2D eigenvalue weighted by atomic mass is 16.7. The number of carbonyl (C=O) groups excluding carboxylic acids is 1. The lowest BCUT2D eigenvalue weighted by atomic mass is 9.66. The van der Waals surface area contributed by atoms with E-state index >= 15 is 0 Å². The van der Waals surface area contributed by atoms with Gasteiger partial charge in [-0.25, -0.2) is 4.79 Å². The van der Waals surface area contributed by atoms with Crippen LogP contribution in [0.15, 0.2) is 11.5 Å². The molecule has 1 aliphatic heterocycles. The molecule has 0 aromatic carbocycles. The van der Waals surface area contributed by atoms with E-state index < -0.39 is 23.9 Å². The molecule has 0 aromatic heterocycles. The van der Waals surface area contributed by atoms with Crippen molar-refractivity contribution >= 4 is 13.1 Å². The average Bonchev–Trinajstić information content (AvgIpc) is 2.63. The number of carbonyl (C=O) groups is 1. The second-order valence-electron chi connectivity index (χ2n) is 9.10. The van der Waals surface area contributed by atoms with Gasteiger partial charge >= 0.3 is 13.1 Å². The van der Waals surface area contributed by atoms with Crippen molar-refractivity contribution in [3.05, 3.63) is 11.5 Å². The van der Waals surface area contributed by atoms with Crippen molar-refractivity contribution < 1.29 is 18.8 Å². The van der Waals surface area contributed by atoms with Crippen LogP contribution in [0.3, 0.4) is 0 Å². The Hall–Kier alpha value is -0.805. The van der Waals surface area contributed by atoms with Crippen LogP contribution in [0, 0.1) is 5.92 Å². The van der Waals surface area contributed by atoms with Gasteiger partial charge in [0.1, 0.15) is 5.60 Å². The Bertz CT molecular complexity index is 480. The highest BCUT2D eigenvalue weighted by Crippen LogP contribution is 2.42. The molecule has 0 N–H and O–H groups in total. The summed E-state index contributed by atoms with van der Waals surface area (Å²) in [5.74, 6) is 0.0266. The van der Waals surface area contributed by atoms with Crippen molar-refractivity contribution in [3.8, 4) is 0 Å². The van der Waals surface area contributed by atoms with E-state index in [1.165, 1.54) is 19.3 Å². The summed E-state index contributed by atoms with van der Waals surface area (Å²) < 4.78 is 17.9. The molecule has 1 heterocycles. The fourth-order valence-corrected chi connectivity index (χ4v) is 3.26. The first-order valence-corrected chi connectivity index (χ1v) is 9.21. The molecule has 2 aliphatic rings. The molecule has 1 saturated carbocycles. The summed E-state index contributed by atoms with van der Waals surface area (Å²) in [7, 11) is -0.467. The van der Waals surface area contributed by atoms with E-state index in [0.717, 1.165) is 18.3 Å². The maximum atomic E-state index is 12.4. The van der Waals surface area contributed by atoms with E-state index in [0.29, 0.717) is 5.92 Å². The maximum absolute atomic E-state index is 12.4. The molecule has 0 atom stereocenters. The SMILES string of the molecule is CC(C)(C)OC(=O)/C=C(/B1OC(C)(C)C(C)(C)O1)C1CCCCC1. The van der Waals surface area contributed by atoms with E-state index in [2.05, 4.69) is 0 Å². The number of esters is 1. The van der Waals surface area contributed by atoms with E-state index in [1.54, 1.807) is 6.08 Å². The third kappa shape index (κ3) is 4.63. The van der Waals surface area contributed by atoms with Crippen LogP contribution in [-0.4, -0.2) is 29.9 Å². The van der Waals surface area contributed by atoms with Crippen LogP contribution in [0.1, 0.15) is 80.6 Å². The molecule has 4 nitrogen and oxygen atoms in total. The highest BCUT2D eigenvalue weighted by Gasteiger charge is 2.53. The summed E-state index contributed by atoms with van der Waals surface area (Å²) in [4.78, 5) is 12.4. The minimum Gasteiger partial charge on any atom is -0.457 e. The van der Waals surface area contributed by atoms with Gasteiger partial charge in [0.05, 0.1) is 11.2 Å². The average molecular weight is 336 g/mol. The predicted octanol–water partition coefficient (Wildman–Crippen LogP) is 4.47. The first kappa shape index (κ1) is 19.5.